The minimum Gasteiger partial charge on any atom is -0.454 e. The summed E-state index contributed by atoms with van der Waals surface area (Å²) in [4.78, 5) is 4.17. The molecular weight excluding hydrogens is 290 g/mol. The van der Waals surface area contributed by atoms with E-state index in [1.54, 1.807) is 0 Å². The van der Waals surface area contributed by atoms with Crippen molar-refractivity contribution in [3.05, 3.63) is 22.5 Å². The fourth-order valence-corrected chi connectivity index (χ4v) is 2.09. The lowest BCUT2D eigenvalue weighted by Crippen LogP contribution is -1.96. The Labute approximate surface area is 105 Å². The summed E-state index contributed by atoms with van der Waals surface area (Å²) in [6.07, 6.45) is 0. The van der Waals surface area contributed by atoms with Crippen LogP contribution in [-0.4, -0.2) is 16.9 Å². The topological polar surface area (TPSA) is 83.4 Å². The zero-order valence-corrected chi connectivity index (χ0v) is 10.2. The predicted octanol–water partition coefficient (Wildman–Crippen LogP) is 1.69. The van der Waals surface area contributed by atoms with Crippen LogP contribution in [0.4, 0.5) is 0 Å². The molecule has 0 saturated heterocycles. The van der Waals surface area contributed by atoms with E-state index in [1.165, 1.54) is 0 Å². The van der Waals surface area contributed by atoms with Gasteiger partial charge in [0.1, 0.15) is 0 Å². The molecular formula is C10H8BrN3O3. The van der Waals surface area contributed by atoms with E-state index in [0.29, 0.717) is 28.8 Å². The number of rotatable bonds is 2. The first kappa shape index (κ1) is 10.5. The summed E-state index contributed by atoms with van der Waals surface area (Å²) >= 11 is 3.43. The molecule has 2 N–H and O–H groups in total. The van der Waals surface area contributed by atoms with Gasteiger partial charge < -0.3 is 19.7 Å². The number of hydrogen-bond acceptors (Lipinski definition) is 6. The van der Waals surface area contributed by atoms with Gasteiger partial charge in [-0.2, -0.15) is 4.98 Å². The maximum absolute atomic E-state index is 5.43. The number of nitrogens with two attached hydrogens (primary N) is 1. The SMILES string of the molecule is NCc1nc(-c2c(Br)ccc3c2OCO3)no1. The van der Waals surface area contributed by atoms with Gasteiger partial charge in [-0.1, -0.05) is 5.16 Å². The van der Waals surface area contributed by atoms with Crippen molar-refractivity contribution >= 4 is 15.9 Å². The van der Waals surface area contributed by atoms with Gasteiger partial charge in [0, 0.05) is 4.47 Å². The summed E-state index contributed by atoms with van der Waals surface area (Å²) in [6.45, 7) is 0.400. The standard InChI is InChI=1S/C10H8BrN3O3/c11-5-1-2-6-9(16-4-15-6)8(5)10-13-7(3-12)17-14-10/h1-2H,3-4,12H2. The highest BCUT2D eigenvalue weighted by Crippen LogP contribution is 2.44. The molecule has 7 heteroatoms. The van der Waals surface area contributed by atoms with Crippen molar-refractivity contribution in [2.24, 2.45) is 5.73 Å². The van der Waals surface area contributed by atoms with Crippen molar-refractivity contribution in [1.82, 2.24) is 10.1 Å². The van der Waals surface area contributed by atoms with Crippen LogP contribution in [0.1, 0.15) is 5.89 Å². The number of halogens is 1. The molecule has 0 aliphatic carbocycles. The summed E-state index contributed by atoms with van der Waals surface area (Å²) in [5, 5.41) is 3.86. The summed E-state index contributed by atoms with van der Waals surface area (Å²) in [5.74, 6) is 2.09. The zero-order chi connectivity index (χ0) is 11.8. The van der Waals surface area contributed by atoms with Gasteiger partial charge >= 0.3 is 0 Å². The first-order chi connectivity index (χ1) is 8.29. The lowest BCUT2D eigenvalue weighted by molar-refractivity contribution is 0.174. The van der Waals surface area contributed by atoms with Crippen LogP contribution in [0.15, 0.2) is 21.1 Å². The number of aromatic nitrogens is 2. The molecule has 0 radical (unpaired) electrons. The lowest BCUT2D eigenvalue weighted by atomic mass is 10.2. The van der Waals surface area contributed by atoms with Gasteiger partial charge in [0.05, 0.1) is 12.1 Å². The lowest BCUT2D eigenvalue weighted by Gasteiger charge is -2.03. The molecule has 88 valence electrons. The maximum Gasteiger partial charge on any atom is 0.240 e. The quantitative estimate of drug-likeness (QED) is 0.908. The van der Waals surface area contributed by atoms with Crippen molar-refractivity contribution < 1.29 is 14.0 Å². The molecule has 1 aliphatic heterocycles. The van der Waals surface area contributed by atoms with E-state index in [1.807, 2.05) is 12.1 Å². The van der Waals surface area contributed by atoms with Gasteiger partial charge in [-0.15, -0.1) is 0 Å². The number of nitrogens with zero attached hydrogens (tertiary/aromatic N) is 2. The van der Waals surface area contributed by atoms with Crippen LogP contribution in [0, 0.1) is 0 Å². The largest absolute Gasteiger partial charge is 0.454 e. The third-order valence-electron chi connectivity index (χ3n) is 2.35. The third-order valence-corrected chi connectivity index (χ3v) is 3.02. The smallest absolute Gasteiger partial charge is 0.240 e. The molecule has 3 rings (SSSR count). The fourth-order valence-electron chi connectivity index (χ4n) is 1.60. The van der Waals surface area contributed by atoms with Gasteiger partial charge in [-0.05, 0) is 28.1 Å². The average Bonchev–Trinajstić information content (AvgIpc) is 2.96. The average molecular weight is 298 g/mol. The van der Waals surface area contributed by atoms with Gasteiger partial charge in [0.15, 0.2) is 11.5 Å². The highest BCUT2D eigenvalue weighted by molar-refractivity contribution is 9.10. The molecule has 0 unspecified atom stereocenters. The molecule has 2 aromatic rings. The van der Waals surface area contributed by atoms with E-state index in [4.69, 9.17) is 19.7 Å². The minimum absolute atomic E-state index is 0.195. The number of hydrogen-bond donors (Lipinski definition) is 1. The first-order valence-electron chi connectivity index (χ1n) is 4.90. The highest BCUT2D eigenvalue weighted by Gasteiger charge is 2.24. The van der Waals surface area contributed by atoms with Crippen LogP contribution >= 0.6 is 15.9 Å². The zero-order valence-electron chi connectivity index (χ0n) is 8.64. The Bertz CT molecular complexity index is 570. The molecule has 0 fully saturated rings. The summed E-state index contributed by atoms with van der Waals surface area (Å²) in [6, 6.07) is 3.67. The minimum atomic E-state index is 0.195. The van der Waals surface area contributed by atoms with Gasteiger partial charge in [-0.25, -0.2) is 0 Å². The molecule has 6 nitrogen and oxygen atoms in total. The van der Waals surface area contributed by atoms with E-state index in [-0.39, 0.29) is 13.3 Å². The Morgan fingerprint density at radius 1 is 1.35 bits per heavy atom. The monoisotopic (exact) mass is 297 g/mol. The van der Waals surface area contributed by atoms with Gasteiger partial charge in [0.25, 0.3) is 0 Å². The van der Waals surface area contributed by atoms with E-state index in [2.05, 4.69) is 26.1 Å². The Morgan fingerprint density at radius 2 is 2.24 bits per heavy atom. The van der Waals surface area contributed by atoms with E-state index >= 15 is 0 Å². The molecule has 0 bridgehead atoms. The normalized spacial score (nSPS) is 13.1. The van der Waals surface area contributed by atoms with Crippen molar-refractivity contribution in [3.8, 4) is 22.9 Å². The summed E-state index contributed by atoms with van der Waals surface area (Å²) < 4.78 is 16.5. The molecule has 17 heavy (non-hydrogen) atoms. The second-order valence-electron chi connectivity index (χ2n) is 3.37. The Hall–Kier alpha value is -1.60. The molecule has 0 spiro atoms. The van der Waals surface area contributed by atoms with Crippen molar-refractivity contribution in [2.45, 2.75) is 6.54 Å². The van der Waals surface area contributed by atoms with Crippen LogP contribution in [-0.2, 0) is 6.54 Å². The van der Waals surface area contributed by atoms with Crippen LogP contribution in [0.5, 0.6) is 11.5 Å². The van der Waals surface area contributed by atoms with E-state index < -0.39 is 0 Å². The Balaban J connectivity index is 2.16. The molecule has 1 aliphatic rings. The second-order valence-corrected chi connectivity index (χ2v) is 4.23. The van der Waals surface area contributed by atoms with E-state index in [9.17, 15) is 0 Å². The Morgan fingerprint density at radius 3 is 3.00 bits per heavy atom. The fraction of sp³-hybridized carbons (Fsp3) is 0.200. The van der Waals surface area contributed by atoms with Crippen LogP contribution in [0.3, 0.4) is 0 Å². The molecule has 2 heterocycles. The van der Waals surface area contributed by atoms with Crippen LogP contribution in [0.25, 0.3) is 11.4 Å². The number of fused-ring (bicyclic) bond motifs is 1. The van der Waals surface area contributed by atoms with Gasteiger partial charge in [-0.3, -0.25) is 0 Å². The maximum atomic E-state index is 5.43. The van der Waals surface area contributed by atoms with Crippen molar-refractivity contribution in [2.75, 3.05) is 6.79 Å². The summed E-state index contributed by atoms with van der Waals surface area (Å²) in [5.41, 5.74) is 6.14. The number of ether oxygens (including phenoxy) is 2. The molecule has 1 aromatic heterocycles. The van der Waals surface area contributed by atoms with Crippen LogP contribution in [0.2, 0.25) is 0 Å². The Kier molecular flexibility index (Phi) is 2.49. The predicted molar refractivity (Wildman–Crippen MR) is 61.4 cm³/mol. The van der Waals surface area contributed by atoms with Gasteiger partial charge in [0.2, 0.25) is 18.5 Å². The van der Waals surface area contributed by atoms with Crippen molar-refractivity contribution in [1.29, 1.82) is 0 Å². The second kappa shape index (κ2) is 4.01. The molecule has 0 atom stereocenters. The number of benzene rings is 1. The molecule has 0 saturated carbocycles. The summed E-state index contributed by atoms with van der Waals surface area (Å²) in [7, 11) is 0. The first-order valence-corrected chi connectivity index (χ1v) is 5.70. The van der Waals surface area contributed by atoms with Crippen LogP contribution < -0.4 is 15.2 Å². The third kappa shape index (κ3) is 1.67. The molecule has 0 amide bonds. The molecule has 1 aromatic carbocycles. The highest BCUT2D eigenvalue weighted by atomic mass is 79.9. The van der Waals surface area contributed by atoms with E-state index in [0.717, 1.165) is 4.47 Å². The van der Waals surface area contributed by atoms with Crippen molar-refractivity contribution in [3.63, 3.8) is 0 Å².